The van der Waals surface area contributed by atoms with Gasteiger partial charge in [-0.1, -0.05) is 26.8 Å². The fraction of sp³-hybridized carbons (Fsp3) is 0.667. The van der Waals surface area contributed by atoms with E-state index in [2.05, 4.69) is 26.1 Å². The largest absolute Gasteiger partial charge is 0.326 e. The number of nitrogens with one attached hydrogen (secondary N) is 1. The first-order valence-corrected chi connectivity index (χ1v) is 15.8. The molecule has 0 saturated heterocycles. The van der Waals surface area contributed by atoms with Crippen molar-refractivity contribution in [3.63, 3.8) is 0 Å². The highest BCUT2D eigenvalue weighted by atomic mass is 32.2. The molecule has 1 aromatic rings. The number of rotatable bonds is 6. The number of ketones is 3. The zero-order valence-electron chi connectivity index (χ0n) is 23.1. The van der Waals surface area contributed by atoms with Crippen molar-refractivity contribution in [2.75, 3.05) is 5.32 Å². The number of amides is 1. The van der Waals surface area contributed by atoms with Crippen LogP contribution in [0, 0.1) is 46.3 Å². The predicted octanol–water partition coefficient (Wildman–Crippen LogP) is 4.27. The van der Waals surface area contributed by atoms with Crippen molar-refractivity contribution >= 4 is 39.0 Å². The Morgan fingerprint density at radius 2 is 1.85 bits per heavy atom. The molecule has 0 radical (unpaired) electrons. The molecule has 0 bridgehead atoms. The van der Waals surface area contributed by atoms with Gasteiger partial charge in [-0.15, -0.1) is 0 Å². The lowest BCUT2D eigenvalue weighted by Gasteiger charge is -2.58. The van der Waals surface area contributed by atoms with Crippen LogP contribution in [0.25, 0.3) is 0 Å². The van der Waals surface area contributed by atoms with Crippen molar-refractivity contribution in [1.82, 2.24) is 0 Å². The van der Waals surface area contributed by atoms with Gasteiger partial charge in [-0.3, -0.25) is 19.2 Å². The van der Waals surface area contributed by atoms with E-state index in [0.717, 1.165) is 19.3 Å². The average molecular weight is 557 g/mol. The van der Waals surface area contributed by atoms with Crippen LogP contribution < -0.4 is 10.5 Å². The lowest BCUT2D eigenvalue weighted by Crippen LogP contribution is -2.60. The number of Topliss-reactive ketones (excluding diaryl/α,β-unsaturated/α-hetero) is 3. The summed E-state index contributed by atoms with van der Waals surface area (Å²) in [5, 5.41) is 7.95. The van der Waals surface area contributed by atoms with E-state index in [9.17, 15) is 27.6 Å². The summed E-state index contributed by atoms with van der Waals surface area (Å²) in [4.78, 5) is 52.3. The van der Waals surface area contributed by atoms with Crippen LogP contribution in [0.1, 0.15) is 78.6 Å². The molecular formula is C30H40N2O6S. The number of primary sulfonamides is 1. The molecule has 4 aliphatic rings. The molecule has 4 aliphatic carbocycles. The SMILES string of the molecule is C[C@H](CCC(=O)Nc1cccc(S(N)(=O)=O)c1)[C@H]1CC[C@H]2[C@@H]3C(=O)C[C@@H]4CC(=O)CC[C@]4(C)[C@H]3CC(=O)[C@]12C. The summed E-state index contributed by atoms with van der Waals surface area (Å²) in [6.07, 6.45) is 5.19. The van der Waals surface area contributed by atoms with E-state index >= 15 is 0 Å². The Morgan fingerprint density at radius 1 is 1.10 bits per heavy atom. The summed E-state index contributed by atoms with van der Waals surface area (Å²) < 4.78 is 23.2. The van der Waals surface area contributed by atoms with Crippen molar-refractivity contribution in [1.29, 1.82) is 0 Å². The highest BCUT2D eigenvalue weighted by Gasteiger charge is 2.66. The summed E-state index contributed by atoms with van der Waals surface area (Å²) in [5.41, 5.74) is -0.344. The molecular weight excluding hydrogens is 516 g/mol. The second-order valence-electron chi connectivity index (χ2n) is 13.1. The van der Waals surface area contributed by atoms with Gasteiger partial charge in [-0.25, -0.2) is 13.6 Å². The fourth-order valence-corrected chi connectivity index (χ4v) is 9.48. The van der Waals surface area contributed by atoms with Crippen molar-refractivity contribution in [2.45, 2.75) is 83.5 Å². The van der Waals surface area contributed by atoms with E-state index in [-0.39, 0.29) is 75.5 Å². The molecule has 4 saturated carbocycles. The first-order valence-electron chi connectivity index (χ1n) is 14.3. The number of sulfonamides is 1. The lowest BCUT2D eigenvalue weighted by molar-refractivity contribution is -0.166. The number of benzene rings is 1. The van der Waals surface area contributed by atoms with Gasteiger partial charge in [0, 0.05) is 49.1 Å². The fourth-order valence-electron chi connectivity index (χ4n) is 8.92. The summed E-state index contributed by atoms with van der Waals surface area (Å²) >= 11 is 0. The van der Waals surface area contributed by atoms with Crippen molar-refractivity contribution in [2.24, 2.45) is 51.5 Å². The van der Waals surface area contributed by atoms with Gasteiger partial charge < -0.3 is 5.32 Å². The first kappa shape index (κ1) is 28.1. The van der Waals surface area contributed by atoms with Crippen LogP contribution >= 0.6 is 0 Å². The molecule has 1 amide bonds. The highest BCUT2D eigenvalue weighted by Crippen LogP contribution is 2.66. The molecule has 5 rings (SSSR count). The normalized spacial score (nSPS) is 37.0. The van der Waals surface area contributed by atoms with Crippen LogP contribution in [-0.2, 0) is 29.2 Å². The molecule has 8 atom stereocenters. The van der Waals surface area contributed by atoms with Crippen LogP contribution in [0.4, 0.5) is 5.69 Å². The minimum Gasteiger partial charge on any atom is -0.326 e. The number of nitrogens with two attached hydrogens (primary N) is 1. The van der Waals surface area contributed by atoms with Crippen LogP contribution in [-0.4, -0.2) is 31.7 Å². The standard InChI is InChI=1S/C30H40N2O6S/c1-17(7-10-27(36)32-19-5-4-6-21(15-19)39(31,37)38)22-8-9-23-28-24(16-26(35)30(22,23)3)29(2)12-11-20(33)13-18(29)14-25(28)34/h4-6,15,17-18,22-24,28H,7-14,16H2,1-3H3,(H,32,36)(H2,31,37,38)/t17-,18+,22-,23+,24+,28+,29+,30-/m1/s1. The van der Waals surface area contributed by atoms with Gasteiger partial charge in [0.2, 0.25) is 15.9 Å². The van der Waals surface area contributed by atoms with Crippen LogP contribution in [0.3, 0.4) is 0 Å². The van der Waals surface area contributed by atoms with E-state index in [1.54, 1.807) is 6.07 Å². The maximum atomic E-state index is 13.9. The molecule has 0 heterocycles. The third kappa shape index (κ3) is 4.79. The van der Waals surface area contributed by atoms with Crippen molar-refractivity contribution in [3.8, 4) is 0 Å². The van der Waals surface area contributed by atoms with Crippen molar-refractivity contribution in [3.05, 3.63) is 24.3 Å². The smallest absolute Gasteiger partial charge is 0.238 e. The molecule has 0 unspecified atom stereocenters. The number of hydrogen-bond donors (Lipinski definition) is 2. The van der Waals surface area contributed by atoms with Gasteiger partial charge >= 0.3 is 0 Å². The van der Waals surface area contributed by atoms with Gasteiger partial charge in [0.05, 0.1) is 4.90 Å². The number of hydrogen-bond acceptors (Lipinski definition) is 6. The first-order chi connectivity index (χ1) is 18.2. The molecule has 0 aromatic heterocycles. The summed E-state index contributed by atoms with van der Waals surface area (Å²) in [6, 6.07) is 5.86. The third-order valence-electron chi connectivity index (χ3n) is 11.2. The molecule has 9 heteroatoms. The van der Waals surface area contributed by atoms with E-state index in [4.69, 9.17) is 5.14 Å². The average Bonchev–Trinajstić information content (AvgIpc) is 3.22. The van der Waals surface area contributed by atoms with Crippen LogP contribution in [0.15, 0.2) is 29.2 Å². The molecule has 3 N–H and O–H groups in total. The number of fused-ring (bicyclic) bond motifs is 5. The van der Waals surface area contributed by atoms with Crippen LogP contribution in [0.5, 0.6) is 0 Å². The minimum absolute atomic E-state index is 0.0221. The highest BCUT2D eigenvalue weighted by molar-refractivity contribution is 7.89. The Balaban J connectivity index is 1.27. The number of anilines is 1. The molecule has 4 fully saturated rings. The lowest BCUT2D eigenvalue weighted by atomic mass is 9.44. The molecule has 0 aliphatic heterocycles. The minimum atomic E-state index is -3.87. The van der Waals surface area contributed by atoms with Crippen molar-refractivity contribution < 1.29 is 27.6 Å². The second-order valence-corrected chi connectivity index (χ2v) is 14.6. The molecule has 212 valence electrons. The van der Waals surface area contributed by atoms with E-state index in [1.807, 2.05) is 0 Å². The Labute approximate surface area is 230 Å². The monoisotopic (exact) mass is 556 g/mol. The van der Waals surface area contributed by atoms with Gasteiger partial charge in [-0.05, 0) is 78.9 Å². The van der Waals surface area contributed by atoms with E-state index in [0.29, 0.717) is 37.8 Å². The number of carbonyl (C=O) groups excluding carboxylic acids is 4. The maximum Gasteiger partial charge on any atom is 0.238 e. The molecule has 1 aromatic carbocycles. The Hall–Kier alpha value is -2.39. The maximum absolute atomic E-state index is 13.9. The Bertz CT molecular complexity index is 1320. The Morgan fingerprint density at radius 3 is 2.56 bits per heavy atom. The quantitative estimate of drug-likeness (QED) is 0.536. The second kappa shape index (κ2) is 9.91. The van der Waals surface area contributed by atoms with E-state index in [1.165, 1.54) is 18.2 Å². The number of carbonyl (C=O) groups is 4. The van der Waals surface area contributed by atoms with Gasteiger partial charge in [0.25, 0.3) is 0 Å². The molecule has 0 spiro atoms. The summed E-state index contributed by atoms with van der Waals surface area (Å²) in [6.45, 7) is 6.38. The Kier molecular flexibility index (Phi) is 7.15. The topological polar surface area (TPSA) is 140 Å². The predicted molar refractivity (Wildman–Crippen MR) is 146 cm³/mol. The van der Waals surface area contributed by atoms with E-state index < -0.39 is 15.4 Å². The zero-order chi connectivity index (χ0) is 28.3. The summed E-state index contributed by atoms with van der Waals surface area (Å²) in [7, 11) is -3.87. The van der Waals surface area contributed by atoms with Gasteiger partial charge in [-0.2, -0.15) is 0 Å². The molecule has 8 nitrogen and oxygen atoms in total. The summed E-state index contributed by atoms with van der Waals surface area (Å²) in [5.74, 6) is 0.706. The third-order valence-corrected chi connectivity index (χ3v) is 12.1. The van der Waals surface area contributed by atoms with Gasteiger partial charge in [0.15, 0.2) is 0 Å². The van der Waals surface area contributed by atoms with Gasteiger partial charge in [0.1, 0.15) is 17.3 Å². The van der Waals surface area contributed by atoms with Crippen LogP contribution in [0.2, 0.25) is 0 Å². The molecule has 39 heavy (non-hydrogen) atoms. The zero-order valence-corrected chi connectivity index (χ0v) is 23.9.